The fraction of sp³-hybridized carbons (Fsp3) is 0.250. The summed E-state index contributed by atoms with van der Waals surface area (Å²) in [6, 6.07) is 9.62. The minimum Gasteiger partial charge on any atom is -0.337 e. The number of aryl methyl sites for hydroxylation is 1. The highest BCUT2D eigenvalue weighted by atomic mass is 19.1. The van der Waals surface area contributed by atoms with E-state index in [2.05, 4.69) is 15.5 Å². The first-order chi connectivity index (χ1) is 13.5. The lowest BCUT2D eigenvalue weighted by molar-refractivity contribution is 0.193. The molecule has 1 N–H and O–H groups in total. The highest BCUT2D eigenvalue weighted by Gasteiger charge is 2.34. The average molecular weight is 384 g/mol. The molecule has 0 unspecified atom stereocenters. The first-order valence-electron chi connectivity index (χ1n) is 8.95. The molecule has 8 heteroatoms. The second-order valence-electron chi connectivity index (χ2n) is 6.68. The largest absolute Gasteiger partial charge is 0.337 e. The normalized spacial score (nSPS) is 16.4. The van der Waals surface area contributed by atoms with E-state index in [1.807, 2.05) is 31.2 Å². The van der Waals surface area contributed by atoms with Crippen molar-refractivity contribution in [3.05, 3.63) is 65.6 Å². The first-order valence-corrected chi connectivity index (χ1v) is 8.95. The Bertz CT molecular complexity index is 1020. The van der Waals surface area contributed by atoms with E-state index in [4.69, 9.17) is 4.52 Å². The summed E-state index contributed by atoms with van der Waals surface area (Å²) in [6.45, 7) is 2.41. The second kappa shape index (κ2) is 7.38. The maximum absolute atomic E-state index is 13.8. The van der Waals surface area contributed by atoms with Gasteiger partial charge >= 0.3 is 6.03 Å². The van der Waals surface area contributed by atoms with E-state index in [0.717, 1.165) is 35.7 Å². The highest BCUT2D eigenvalue weighted by Crippen LogP contribution is 2.33. The Hall–Kier alpha value is -3.29. The van der Waals surface area contributed by atoms with Gasteiger partial charge in [-0.05, 0) is 37.5 Å². The Kier molecular flexibility index (Phi) is 4.77. The van der Waals surface area contributed by atoms with Crippen molar-refractivity contribution < 1.29 is 18.1 Å². The number of carbonyl (C=O) groups is 1. The summed E-state index contributed by atoms with van der Waals surface area (Å²) in [4.78, 5) is 18.6. The second-order valence-corrected chi connectivity index (χ2v) is 6.68. The molecule has 0 spiro atoms. The smallest absolute Gasteiger partial charge is 0.322 e. The third-order valence-electron chi connectivity index (χ3n) is 4.80. The number of aromatic nitrogens is 2. The molecule has 28 heavy (non-hydrogen) atoms. The van der Waals surface area contributed by atoms with Crippen molar-refractivity contribution in [1.29, 1.82) is 0 Å². The summed E-state index contributed by atoms with van der Waals surface area (Å²) < 4.78 is 32.6. The molecule has 1 aliphatic rings. The van der Waals surface area contributed by atoms with Gasteiger partial charge in [-0.25, -0.2) is 13.6 Å². The van der Waals surface area contributed by atoms with E-state index in [9.17, 15) is 13.6 Å². The number of amides is 2. The summed E-state index contributed by atoms with van der Waals surface area (Å²) in [5.41, 5.74) is 1.66. The first kappa shape index (κ1) is 18.1. The van der Waals surface area contributed by atoms with Crippen LogP contribution in [0.4, 0.5) is 19.3 Å². The topological polar surface area (TPSA) is 71.3 Å². The fourth-order valence-electron chi connectivity index (χ4n) is 3.35. The summed E-state index contributed by atoms with van der Waals surface area (Å²) >= 11 is 0. The molecule has 1 saturated heterocycles. The average Bonchev–Trinajstić information content (AvgIpc) is 3.34. The van der Waals surface area contributed by atoms with Gasteiger partial charge in [0.1, 0.15) is 17.7 Å². The number of halogens is 2. The maximum atomic E-state index is 13.8. The molecule has 0 aliphatic carbocycles. The van der Waals surface area contributed by atoms with Crippen LogP contribution in [0, 0.1) is 18.6 Å². The van der Waals surface area contributed by atoms with Crippen LogP contribution in [0.3, 0.4) is 0 Å². The number of hydrogen-bond acceptors (Lipinski definition) is 4. The number of urea groups is 1. The monoisotopic (exact) mass is 384 g/mol. The van der Waals surface area contributed by atoms with Crippen molar-refractivity contribution in [2.24, 2.45) is 0 Å². The standard InChI is InChI=1S/C20H18F2N4O2/c1-12-5-2-3-6-14(12)18-24-19(28-25-18)17-7-4-10-26(17)20(27)23-16-11-13(21)8-9-15(16)22/h2-3,5-6,8-9,11,17H,4,7,10H2,1H3,(H,23,27)/t17-/m0/s1. The highest BCUT2D eigenvalue weighted by molar-refractivity contribution is 5.89. The van der Waals surface area contributed by atoms with Gasteiger partial charge in [0.05, 0.1) is 5.69 Å². The third-order valence-corrected chi connectivity index (χ3v) is 4.80. The van der Waals surface area contributed by atoms with Gasteiger partial charge in [-0.15, -0.1) is 0 Å². The van der Waals surface area contributed by atoms with Crippen LogP contribution in [-0.2, 0) is 0 Å². The van der Waals surface area contributed by atoms with Crippen molar-refractivity contribution in [3.8, 4) is 11.4 Å². The predicted octanol–water partition coefficient (Wildman–Crippen LogP) is 4.69. The number of nitrogens with one attached hydrogen (secondary N) is 1. The van der Waals surface area contributed by atoms with E-state index in [1.54, 1.807) is 0 Å². The molecular formula is C20H18F2N4O2. The summed E-state index contributed by atoms with van der Waals surface area (Å²) in [6.07, 6.45) is 1.39. The lowest BCUT2D eigenvalue weighted by atomic mass is 10.1. The molecule has 1 fully saturated rings. The zero-order valence-electron chi connectivity index (χ0n) is 15.2. The molecule has 144 valence electrons. The molecule has 1 atom stereocenters. The maximum Gasteiger partial charge on any atom is 0.322 e. The molecule has 6 nitrogen and oxygen atoms in total. The van der Waals surface area contributed by atoms with Gasteiger partial charge in [-0.2, -0.15) is 4.98 Å². The molecular weight excluding hydrogens is 366 g/mol. The van der Waals surface area contributed by atoms with Crippen molar-refractivity contribution in [1.82, 2.24) is 15.0 Å². The van der Waals surface area contributed by atoms with Gasteiger partial charge in [-0.1, -0.05) is 29.4 Å². The summed E-state index contributed by atoms with van der Waals surface area (Å²) in [7, 11) is 0. The van der Waals surface area contributed by atoms with Crippen LogP contribution in [0.25, 0.3) is 11.4 Å². The van der Waals surface area contributed by atoms with Gasteiger partial charge in [-0.3, -0.25) is 0 Å². The number of anilines is 1. The van der Waals surface area contributed by atoms with Crippen LogP contribution in [0.5, 0.6) is 0 Å². The van der Waals surface area contributed by atoms with Crippen LogP contribution in [0.15, 0.2) is 47.0 Å². The van der Waals surface area contributed by atoms with Crippen LogP contribution in [0.2, 0.25) is 0 Å². The molecule has 0 radical (unpaired) electrons. The SMILES string of the molecule is Cc1ccccc1-c1noc([C@@H]2CCCN2C(=O)Nc2cc(F)ccc2F)n1. The number of likely N-dealkylation sites (tertiary alicyclic amines) is 1. The van der Waals surface area contributed by atoms with Gasteiger partial charge in [0, 0.05) is 18.2 Å². The summed E-state index contributed by atoms with van der Waals surface area (Å²) in [5, 5.41) is 6.46. The quantitative estimate of drug-likeness (QED) is 0.711. The Balaban J connectivity index is 1.55. The Morgan fingerprint density at radius 2 is 2.07 bits per heavy atom. The van der Waals surface area contributed by atoms with E-state index < -0.39 is 23.7 Å². The minimum atomic E-state index is -0.704. The molecule has 2 amide bonds. The zero-order chi connectivity index (χ0) is 19.7. The number of hydrogen-bond donors (Lipinski definition) is 1. The van der Waals surface area contributed by atoms with Crippen molar-refractivity contribution in [2.75, 3.05) is 11.9 Å². The number of carbonyl (C=O) groups excluding carboxylic acids is 1. The number of nitrogens with zero attached hydrogens (tertiary/aromatic N) is 3. The van der Waals surface area contributed by atoms with Crippen LogP contribution < -0.4 is 5.32 Å². The van der Waals surface area contributed by atoms with Crippen LogP contribution in [0.1, 0.15) is 30.3 Å². The van der Waals surface area contributed by atoms with Crippen molar-refractivity contribution >= 4 is 11.7 Å². The van der Waals surface area contributed by atoms with E-state index in [1.165, 1.54) is 4.90 Å². The Labute approximate surface area is 160 Å². The van der Waals surface area contributed by atoms with Crippen LogP contribution in [-0.4, -0.2) is 27.6 Å². The lowest BCUT2D eigenvalue weighted by Gasteiger charge is -2.22. The van der Waals surface area contributed by atoms with Crippen LogP contribution >= 0.6 is 0 Å². The molecule has 3 aromatic rings. The molecule has 2 heterocycles. The minimum absolute atomic E-state index is 0.207. The Morgan fingerprint density at radius 3 is 2.89 bits per heavy atom. The molecule has 0 bridgehead atoms. The van der Waals surface area contributed by atoms with E-state index in [-0.39, 0.29) is 5.69 Å². The van der Waals surface area contributed by atoms with E-state index >= 15 is 0 Å². The molecule has 4 rings (SSSR count). The summed E-state index contributed by atoms with van der Waals surface area (Å²) in [5.74, 6) is -0.554. The van der Waals surface area contributed by atoms with Gasteiger partial charge in [0.25, 0.3) is 0 Å². The molecule has 2 aromatic carbocycles. The number of benzene rings is 2. The van der Waals surface area contributed by atoms with Crippen molar-refractivity contribution in [2.45, 2.75) is 25.8 Å². The fourth-order valence-corrected chi connectivity index (χ4v) is 3.35. The van der Waals surface area contributed by atoms with Gasteiger partial charge < -0.3 is 14.7 Å². The predicted molar refractivity (Wildman–Crippen MR) is 98.5 cm³/mol. The van der Waals surface area contributed by atoms with E-state index in [0.29, 0.717) is 24.7 Å². The third kappa shape index (κ3) is 3.45. The Morgan fingerprint density at radius 1 is 1.25 bits per heavy atom. The molecule has 1 aromatic heterocycles. The molecule has 0 saturated carbocycles. The van der Waals surface area contributed by atoms with Gasteiger partial charge in [0.2, 0.25) is 11.7 Å². The number of rotatable bonds is 3. The zero-order valence-corrected chi connectivity index (χ0v) is 15.2. The molecule has 1 aliphatic heterocycles. The van der Waals surface area contributed by atoms with Gasteiger partial charge in [0.15, 0.2) is 0 Å². The van der Waals surface area contributed by atoms with Crippen molar-refractivity contribution in [3.63, 3.8) is 0 Å². The lowest BCUT2D eigenvalue weighted by Crippen LogP contribution is -2.34.